The third-order valence-corrected chi connectivity index (χ3v) is 64.0. The first-order valence-electron chi connectivity index (χ1n) is 2.68. The standard InChI is InChI=1S/C2H6P4S5/c1-7-3-5-10-4(8-2)6(9-3)11-5/h1-2H3. The summed E-state index contributed by atoms with van der Waals surface area (Å²) in [6.45, 7) is 0. The minimum absolute atomic E-state index is 0.367. The van der Waals surface area contributed by atoms with Crippen molar-refractivity contribution in [1.82, 2.24) is 0 Å². The fourth-order valence-electron chi connectivity index (χ4n) is 0.588. The van der Waals surface area contributed by atoms with Crippen LogP contribution in [0.4, 0.5) is 0 Å². The zero-order valence-electron chi connectivity index (χ0n) is 5.83. The summed E-state index contributed by atoms with van der Waals surface area (Å²) in [6, 6.07) is 0. The van der Waals surface area contributed by atoms with Crippen molar-refractivity contribution in [3.05, 3.63) is 0 Å². The van der Waals surface area contributed by atoms with E-state index in [1.54, 1.807) is 0 Å². The average Bonchev–Trinajstić information content (AvgIpc) is 2.60. The van der Waals surface area contributed by atoms with E-state index >= 15 is 0 Å². The number of fused-ring (bicyclic) bond motifs is 2. The molecular weight excluding hydrogens is 308 g/mol. The summed E-state index contributed by atoms with van der Waals surface area (Å²) in [5.41, 5.74) is 0.733. The summed E-state index contributed by atoms with van der Waals surface area (Å²) in [7, 11) is 7.10. The van der Waals surface area contributed by atoms with Crippen LogP contribution >= 0.6 is 76.3 Å². The van der Waals surface area contributed by atoms with E-state index in [1.807, 2.05) is 0 Å². The maximum absolute atomic E-state index is 2.37. The minimum Gasteiger partial charge on any atom is -0.0943 e. The Labute approximate surface area is 88.0 Å². The molecule has 0 saturated carbocycles. The summed E-state index contributed by atoms with van der Waals surface area (Å²) in [4.78, 5) is 0. The molecule has 2 bridgehead atoms. The highest BCUT2D eigenvalue weighted by Crippen LogP contribution is 2.85. The van der Waals surface area contributed by atoms with Crippen LogP contribution in [0, 0.1) is 0 Å². The third kappa shape index (κ3) is 1.99. The molecule has 0 saturated heterocycles. The lowest BCUT2D eigenvalue weighted by atomic mass is 12.0. The first kappa shape index (κ1) is 10.1. The molecule has 0 nitrogen and oxygen atoms in total. The van der Waals surface area contributed by atoms with E-state index in [9.17, 15) is 0 Å². The second kappa shape index (κ2) is 4.39. The molecule has 0 N–H and O–H groups in total. The van der Waals surface area contributed by atoms with E-state index in [1.165, 1.54) is 0 Å². The molecule has 2 heterocycles. The lowest BCUT2D eigenvalue weighted by Crippen LogP contribution is -1.27. The Kier molecular flexibility index (Phi) is 4.02. The van der Waals surface area contributed by atoms with Gasteiger partial charge < -0.3 is 0 Å². The Bertz CT molecular complexity index is 324. The van der Waals surface area contributed by atoms with E-state index in [0.29, 0.717) is 21.9 Å². The predicted molar refractivity (Wildman–Crippen MR) is 74.8 cm³/mol. The monoisotopic (exact) mass is 314 g/mol. The van der Waals surface area contributed by atoms with Crippen LogP contribution in [0.2, 0.25) is 0 Å². The maximum atomic E-state index is 2.37. The van der Waals surface area contributed by atoms with Crippen molar-refractivity contribution < 1.29 is 0 Å². The van der Waals surface area contributed by atoms with Gasteiger partial charge in [-0.25, -0.2) is 0 Å². The molecule has 0 spiro atoms. The van der Waals surface area contributed by atoms with Gasteiger partial charge in [-0.05, 0) is 12.5 Å². The first-order valence-corrected chi connectivity index (χ1v) is 19.2. The number of rotatable bonds is 2. The highest BCUT2D eigenvalue weighted by molar-refractivity contribution is 9.01. The smallest absolute Gasteiger partial charge is 0.0622 e. The summed E-state index contributed by atoms with van der Waals surface area (Å²) >= 11 is 4.28. The molecule has 9 heteroatoms. The Morgan fingerprint density at radius 2 is 1.27 bits per heavy atom. The van der Waals surface area contributed by atoms with Crippen molar-refractivity contribution in [1.29, 1.82) is 0 Å². The van der Waals surface area contributed by atoms with Crippen LogP contribution in [-0.4, -0.2) is 12.5 Å². The van der Waals surface area contributed by atoms with Gasteiger partial charge in [-0.1, -0.05) is 54.4 Å². The minimum atomic E-state index is 0.367. The topological polar surface area (TPSA) is 0 Å². The van der Waals surface area contributed by atoms with Crippen LogP contribution in [0.3, 0.4) is 0 Å². The largest absolute Gasteiger partial charge is 0.0943 e. The summed E-state index contributed by atoms with van der Waals surface area (Å²) in [5, 5.41) is 0.767. The number of hydrogen-bond donors (Lipinski definition) is 0. The van der Waals surface area contributed by atoms with Gasteiger partial charge in [0.2, 0.25) is 0 Å². The van der Waals surface area contributed by atoms with Gasteiger partial charge in [0, 0.05) is 11.2 Å². The maximum Gasteiger partial charge on any atom is 0.0622 e. The third-order valence-electron chi connectivity index (χ3n) is 0.998. The normalized spacial score (nSPS) is 18.0. The van der Waals surface area contributed by atoms with Gasteiger partial charge >= 0.3 is 0 Å². The van der Waals surface area contributed by atoms with Crippen molar-refractivity contribution >= 4 is 76.3 Å². The quantitative estimate of drug-likeness (QED) is 0.588. The van der Waals surface area contributed by atoms with Crippen LogP contribution in [0.1, 0.15) is 0 Å². The van der Waals surface area contributed by atoms with Crippen LogP contribution in [0.15, 0.2) is 0 Å². The lowest BCUT2D eigenvalue weighted by Gasteiger charge is -1.93. The predicted octanol–water partition coefficient (Wildman–Crippen LogP) is 6.94. The van der Waals surface area contributed by atoms with Gasteiger partial charge in [0.1, 0.15) is 0 Å². The van der Waals surface area contributed by atoms with E-state index in [0.717, 1.165) is 0 Å². The van der Waals surface area contributed by atoms with Gasteiger partial charge in [0.15, 0.2) is 0 Å². The molecule has 4 unspecified atom stereocenters. The van der Waals surface area contributed by atoms with Crippen molar-refractivity contribution in [2.75, 3.05) is 12.5 Å². The molecule has 2 aromatic heterocycles. The molecule has 0 aromatic carbocycles. The molecule has 2 rings (SSSR count). The van der Waals surface area contributed by atoms with Gasteiger partial charge in [-0.15, -0.1) is 0 Å². The van der Waals surface area contributed by atoms with Gasteiger partial charge in [-0.2, -0.15) is 0 Å². The summed E-state index contributed by atoms with van der Waals surface area (Å²) in [5.74, 6) is 0. The van der Waals surface area contributed by atoms with Gasteiger partial charge in [0.05, 0.1) is 10.7 Å². The molecule has 2 aromatic rings. The zero-order valence-corrected chi connectivity index (χ0v) is 13.5. The fourth-order valence-corrected chi connectivity index (χ4v) is 110. The average molecular weight is 314 g/mol. The molecule has 0 aliphatic heterocycles. The molecule has 4 atom stereocenters. The number of hydrogen-bond acceptors (Lipinski definition) is 5. The molecule has 0 amide bonds. The first-order chi connectivity index (χ1) is 5.35. The summed E-state index contributed by atoms with van der Waals surface area (Å²) < 4.78 is 0. The van der Waals surface area contributed by atoms with Crippen LogP contribution in [-0.2, 0) is 0 Å². The molecule has 64 valence electrons. The van der Waals surface area contributed by atoms with Gasteiger partial charge in [0.25, 0.3) is 0 Å². The molecule has 0 aliphatic carbocycles. The lowest BCUT2D eigenvalue weighted by molar-refractivity contribution is 2.54. The Morgan fingerprint density at radius 1 is 0.818 bits per heavy atom. The highest BCUT2D eigenvalue weighted by atomic mass is 33.5. The molecule has 0 fully saturated rings. The van der Waals surface area contributed by atoms with E-state index in [-0.39, 0.29) is 0 Å². The molecule has 11 heavy (non-hydrogen) atoms. The van der Waals surface area contributed by atoms with Crippen molar-refractivity contribution in [3.8, 4) is 0 Å². The summed E-state index contributed by atoms with van der Waals surface area (Å²) in [6.07, 6.45) is 4.58. The van der Waals surface area contributed by atoms with E-state index in [4.69, 9.17) is 0 Å². The Morgan fingerprint density at radius 3 is 1.55 bits per heavy atom. The van der Waals surface area contributed by atoms with E-state index in [2.05, 4.69) is 66.9 Å². The fraction of sp³-hybridized carbons (Fsp3) is 1.00. The Hall–Kier alpha value is 2.56. The Balaban J connectivity index is 2.56. The van der Waals surface area contributed by atoms with Crippen LogP contribution in [0.25, 0.3) is 0 Å². The second-order valence-electron chi connectivity index (χ2n) is 1.56. The zero-order chi connectivity index (χ0) is 7.84. The van der Waals surface area contributed by atoms with Gasteiger partial charge in [-0.3, -0.25) is 0 Å². The van der Waals surface area contributed by atoms with Crippen molar-refractivity contribution in [2.45, 2.75) is 0 Å². The molecule has 0 radical (unpaired) electrons. The SMILES string of the molecule is CSp1sp2sp1sp2SC. The second-order valence-corrected chi connectivity index (χ2v) is 35.6. The van der Waals surface area contributed by atoms with Crippen LogP contribution < -0.4 is 0 Å². The van der Waals surface area contributed by atoms with E-state index < -0.39 is 0 Å². The molecule has 0 aliphatic rings. The van der Waals surface area contributed by atoms with Crippen molar-refractivity contribution in [3.63, 3.8) is 0 Å². The molecular formula is C2H6P4S5. The van der Waals surface area contributed by atoms with Crippen LogP contribution in [0.5, 0.6) is 0 Å². The van der Waals surface area contributed by atoms with Crippen molar-refractivity contribution in [2.24, 2.45) is 0 Å². The highest BCUT2D eigenvalue weighted by Gasteiger charge is 2.09.